The predicted molar refractivity (Wildman–Crippen MR) is 219 cm³/mol. The molecule has 1 amide bonds. The number of rotatable bonds is 7. The van der Waals surface area contributed by atoms with Gasteiger partial charge in [-0.05, 0) is 89.4 Å². The monoisotopic (exact) mass is 923 g/mol. The van der Waals surface area contributed by atoms with Gasteiger partial charge in [0, 0.05) is 62.3 Å². The van der Waals surface area contributed by atoms with Crippen molar-refractivity contribution in [3.63, 3.8) is 0 Å². The molecular formula is C41H58IN5O11. The largest absolute Gasteiger partial charge is 0.506 e. The number of likely N-dealkylation sites (N-methyl/N-ethyl adjacent to an activating group) is 1. The topological polar surface area (TPSA) is 190 Å². The van der Waals surface area contributed by atoms with Crippen molar-refractivity contribution in [1.29, 1.82) is 0 Å². The zero-order valence-electron chi connectivity index (χ0n) is 35.0. The van der Waals surface area contributed by atoms with Crippen LogP contribution >= 0.6 is 22.6 Å². The number of hydrogen-bond donors (Lipinski definition) is 2. The number of pyridine rings is 2. The molecule has 0 spiro atoms. The average molecular weight is 924 g/mol. The van der Waals surface area contributed by atoms with Crippen molar-refractivity contribution in [3.8, 4) is 5.75 Å². The number of amides is 1. The van der Waals surface area contributed by atoms with Crippen molar-refractivity contribution in [2.75, 3.05) is 34.3 Å². The number of aliphatic hydroxyl groups excluding tert-OH is 1. The van der Waals surface area contributed by atoms with E-state index in [1.165, 1.54) is 20.2 Å². The van der Waals surface area contributed by atoms with Crippen LogP contribution in [0.4, 0.5) is 4.79 Å². The summed E-state index contributed by atoms with van der Waals surface area (Å²) in [7, 11) is 5.21. The van der Waals surface area contributed by atoms with Crippen molar-refractivity contribution in [1.82, 2.24) is 24.7 Å². The van der Waals surface area contributed by atoms with Gasteiger partial charge in [-0.25, -0.2) is 4.79 Å². The number of alkyl halides is 1. The molecule has 13 atom stereocenters. The smallest absolute Gasteiger partial charge is 0.411 e. The van der Waals surface area contributed by atoms with Gasteiger partial charge in [0.1, 0.15) is 23.6 Å². The number of aliphatic hydroxyl groups is 1. The maximum atomic E-state index is 14.7. The Kier molecular flexibility index (Phi) is 13.1. The molecular weight excluding hydrogens is 865 g/mol. The number of carbonyl (C=O) groups excluding carboxylic acids is 4. The van der Waals surface area contributed by atoms with Crippen LogP contribution < -0.4 is 0 Å². The van der Waals surface area contributed by atoms with Crippen LogP contribution in [0.25, 0.3) is 11.0 Å². The number of nitrogens with zero attached hydrogens (tertiary/aromatic N) is 5. The second-order valence-electron chi connectivity index (χ2n) is 17.4. The lowest BCUT2D eigenvalue weighted by Crippen LogP contribution is -2.65. The summed E-state index contributed by atoms with van der Waals surface area (Å²) in [4.78, 5) is 71.1. The minimum atomic E-state index is -1.48. The number of halogens is 1. The van der Waals surface area contributed by atoms with Crippen LogP contribution in [0.5, 0.6) is 5.75 Å². The lowest BCUT2D eigenvalue weighted by molar-refractivity contribution is -0.295. The zero-order valence-corrected chi connectivity index (χ0v) is 37.1. The van der Waals surface area contributed by atoms with E-state index in [4.69, 9.17) is 23.7 Å². The molecule has 4 fully saturated rings. The number of ether oxygens (including phenoxy) is 5. The van der Waals surface area contributed by atoms with Crippen molar-refractivity contribution in [2.45, 2.75) is 126 Å². The van der Waals surface area contributed by atoms with Crippen LogP contribution in [-0.4, -0.2) is 151 Å². The molecule has 0 radical (unpaired) electrons. The number of esters is 1. The van der Waals surface area contributed by atoms with Crippen molar-refractivity contribution in [2.24, 2.45) is 23.7 Å². The van der Waals surface area contributed by atoms with E-state index in [0.717, 1.165) is 0 Å². The van der Waals surface area contributed by atoms with Crippen LogP contribution in [0.2, 0.25) is 0 Å². The summed E-state index contributed by atoms with van der Waals surface area (Å²) < 4.78 is 29.9. The molecule has 0 aromatic carbocycles. The van der Waals surface area contributed by atoms with Gasteiger partial charge in [0.05, 0.1) is 47.1 Å². The third-order valence-electron chi connectivity index (χ3n) is 12.9. The summed E-state index contributed by atoms with van der Waals surface area (Å²) >= 11 is 1.92. The van der Waals surface area contributed by atoms with Crippen LogP contribution in [0, 0.1) is 23.7 Å². The number of likely N-dealkylation sites (tertiary alicyclic amines) is 1. The Balaban J connectivity index is 1.31. The number of carbonyl (C=O) groups is 4. The Bertz CT molecular complexity index is 1880. The first-order chi connectivity index (χ1) is 27.2. The number of aromatic nitrogens is 2. The van der Waals surface area contributed by atoms with E-state index in [9.17, 15) is 29.4 Å². The lowest BCUT2D eigenvalue weighted by Gasteiger charge is -2.48. The number of fused-ring (bicyclic) bond motifs is 2. The second-order valence-corrected chi connectivity index (χ2v) is 18.5. The maximum absolute atomic E-state index is 14.7. The number of methoxy groups -OCH3 is 1. The standard InChI is InChI=1S/C41H58IN5O11/c1-20-15-40(6,54-10)35(56-37-33(51)28(45(8)9)14-21(2)55-37)23(4)32(50)24(5)36(52)57-38(42)41(7)34(22(3)31(20)49)47(39(53)58-41)25-17-46(18-25)19-26-29(48)16-44-27-12-11-13-43-30(26)27/h11-13,16,20-25,28,33-35,37-38,48,51H,14-15,17-19H2,1-10H3/t20-,21-,22+,23+,24-,28+,33-,34-,35-,37+,38+,40-,41+/m1/s1. The first-order valence-electron chi connectivity index (χ1n) is 20.0. The first kappa shape index (κ1) is 44.5. The van der Waals surface area contributed by atoms with Gasteiger partial charge in [0.2, 0.25) is 0 Å². The number of cyclic esters (lactones) is 1. The van der Waals surface area contributed by atoms with Crippen molar-refractivity contribution < 1.29 is 53.1 Å². The van der Waals surface area contributed by atoms with Crippen molar-refractivity contribution in [3.05, 3.63) is 30.1 Å². The van der Waals surface area contributed by atoms with E-state index >= 15 is 0 Å². The summed E-state index contributed by atoms with van der Waals surface area (Å²) in [5.74, 6) is -5.19. The minimum Gasteiger partial charge on any atom is -0.506 e. The molecule has 2 aromatic rings. The zero-order chi connectivity index (χ0) is 42.6. The van der Waals surface area contributed by atoms with Crippen LogP contribution in [0.1, 0.15) is 66.9 Å². The molecule has 17 heteroatoms. The molecule has 0 saturated carbocycles. The Labute approximate surface area is 353 Å². The molecule has 4 aliphatic heterocycles. The Morgan fingerprint density at radius 1 is 1.03 bits per heavy atom. The summed E-state index contributed by atoms with van der Waals surface area (Å²) in [6.45, 7) is 13.1. The van der Waals surface area contributed by atoms with Gasteiger partial charge in [-0.1, -0.05) is 20.8 Å². The Morgan fingerprint density at radius 3 is 2.38 bits per heavy atom. The summed E-state index contributed by atoms with van der Waals surface area (Å²) in [6.07, 6.45) is -0.482. The van der Waals surface area contributed by atoms with Crippen LogP contribution in [0.15, 0.2) is 24.5 Å². The average Bonchev–Trinajstić information content (AvgIpc) is 3.44. The molecule has 0 unspecified atom stereocenters. The first-order valence-corrected chi connectivity index (χ1v) is 21.2. The molecule has 320 valence electrons. The lowest BCUT2D eigenvalue weighted by atomic mass is 9.74. The number of hydrogen-bond acceptors (Lipinski definition) is 15. The van der Waals surface area contributed by atoms with E-state index < -0.39 is 81.4 Å². The molecule has 6 rings (SSSR count). The number of aromatic hydroxyl groups is 1. The second kappa shape index (κ2) is 17.1. The van der Waals surface area contributed by atoms with Gasteiger partial charge in [0.15, 0.2) is 21.8 Å². The van der Waals surface area contributed by atoms with Crippen molar-refractivity contribution >= 4 is 57.3 Å². The predicted octanol–water partition coefficient (Wildman–Crippen LogP) is 3.71. The highest BCUT2D eigenvalue weighted by molar-refractivity contribution is 14.1. The van der Waals surface area contributed by atoms with E-state index in [-0.39, 0.29) is 36.1 Å². The van der Waals surface area contributed by atoms with Gasteiger partial charge in [-0.2, -0.15) is 0 Å². The fourth-order valence-electron chi connectivity index (χ4n) is 9.47. The summed E-state index contributed by atoms with van der Waals surface area (Å²) in [5.41, 5.74) is -0.923. The van der Waals surface area contributed by atoms with E-state index in [1.54, 1.807) is 51.8 Å². The van der Waals surface area contributed by atoms with Gasteiger partial charge >= 0.3 is 12.1 Å². The van der Waals surface area contributed by atoms with Crippen LogP contribution in [-0.2, 0) is 44.6 Å². The number of ketones is 2. The highest BCUT2D eigenvalue weighted by atomic mass is 127. The van der Waals surface area contributed by atoms with E-state index in [2.05, 4.69) is 14.9 Å². The normalized spacial score (nSPS) is 38.6. The SMILES string of the molecule is CO[C@]1(C)C[C@@H](C)C(=O)[C@H](C)[C@H]2N(C3CN(Cc4c(O)cnc5cccnc45)C3)C(=O)O[C@]2(C)[C@@H](I)OC(=O)[C@H](C)C(=O)[C@H](C)[C@H]1O[C@@H]1O[C@H](C)C[C@H](N(C)C)[C@H]1O. The van der Waals surface area contributed by atoms with E-state index in [1.807, 2.05) is 54.6 Å². The summed E-state index contributed by atoms with van der Waals surface area (Å²) in [6, 6.07) is 2.07. The highest BCUT2D eigenvalue weighted by Crippen LogP contribution is 2.45. The minimum absolute atomic E-state index is 0.0178. The Morgan fingerprint density at radius 2 is 1.72 bits per heavy atom. The molecule has 0 aliphatic carbocycles. The fraction of sp³-hybridized carbons (Fsp3) is 0.707. The molecule has 6 heterocycles. The maximum Gasteiger partial charge on any atom is 0.411 e. The third kappa shape index (κ3) is 8.20. The Hall–Kier alpha value is -3.07. The number of Topliss-reactive ketones (excluding diaryl/α,β-unsaturated/α-hetero) is 2. The molecule has 0 bridgehead atoms. The van der Waals surface area contributed by atoms with Crippen LogP contribution in [0.3, 0.4) is 0 Å². The molecule has 4 aliphatic rings. The highest BCUT2D eigenvalue weighted by Gasteiger charge is 2.62. The molecule has 58 heavy (non-hydrogen) atoms. The molecule has 2 aromatic heterocycles. The van der Waals surface area contributed by atoms with Gasteiger partial charge in [-0.15, -0.1) is 0 Å². The third-order valence-corrected chi connectivity index (χ3v) is 14.4. The summed E-state index contributed by atoms with van der Waals surface area (Å²) in [5, 5.41) is 22.2. The molecule has 2 N–H and O–H groups in total. The van der Waals surface area contributed by atoms with Gasteiger partial charge < -0.3 is 38.8 Å². The molecule has 4 saturated heterocycles. The molecule has 16 nitrogen and oxygen atoms in total. The fourth-order valence-corrected chi connectivity index (χ4v) is 10.2. The quantitative estimate of drug-likeness (QED) is 0.177. The van der Waals surface area contributed by atoms with Gasteiger partial charge in [-0.3, -0.25) is 34.2 Å². The van der Waals surface area contributed by atoms with Gasteiger partial charge in [0.25, 0.3) is 0 Å². The van der Waals surface area contributed by atoms with E-state index in [0.29, 0.717) is 42.7 Å².